The van der Waals surface area contributed by atoms with Crippen molar-refractivity contribution >= 4 is 27.5 Å². The zero-order chi connectivity index (χ0) is 22.0. The smallest absolute Gasteiger partial charge is 0.244 e. The molecule has 1 unspecified atom stereocenters. The second-order valence-electron chi connectivity index (χ2n) is 7.84. The van der Waals surface area contributed by atoms with Gasteiger partial charge in [-0.15, -0.1) is 0 Å². The van der Waals surface area contributed by atoms with E-state index in [1.165, 1.54) is 16.4 Å². The van der Waals surface area contributed by atoms with Crippen LogP contribution in [0.5, 0.6) is 0 Å². The van der Waals surface area contributed by atoms with Gasteiger partial charge in [-0.05, 0) is 43.9 Å². The molecule has 2 saturated heterocycles. The highest BCUT2D eigenvalue weighted by Crippen LogP contribution is 2.31. The summed E-state index contributed by atoms with van der Waals surface area (Å²) >= 11 is 6.23. The third-order valence-corrected chi connectivity index (χ3v) is 8.07. The first-order valence-corrected chi connectivity index (χ1v) is 12.2. The molecule has 1 N–H and O–H groups in total. The van der Waals surface area contributed by atoms with E-state index in [1.807, 2.05) is 0 Å². The topological polar surface area (TPSA) is 115 Å². The van der Waals surface area contributed by atoms with Crippen molar-refractivity contribution in [3.8, 4) is 11.4 Å². The number of rotatable bonds is 6. The van der Waals surface area contributed by atoms with Gasteiger partial charge in [-0.3, -0.25) is 4.79 Å². The molecule has 1 amide bonds. The first kappa shape index (κ1) is 22.2. The van der Waals surface area contributed by atoms with Gasteiger partial charge in [0.2, 0.25) is 27.6 Å². The number of hydrogen-bond acceptors (Lipinski definition) is 7. The van der Waals surface area contributed by atoms with E-state index in [0.717, 1.165) is 19.4 Å². The monoisotopic (exact) mass is 468 g/mol. The standard InChI is InChI=1S/C20H25ClN4O5S/c1-13-23-19(24-30-13)15-4-5-17(21)18(11-15)31(27,28)25-8-6-14(7-9-25)20(26)22-12-16-3-2-10-29-16/h4-5,11,14,16H,2-3,6-10,12H2,1H3,(H,22,26). The zero-order valence-electron chi connectivity index (χ0n) is 17.2. The Morgan fingerprint density at radius 1 is 1.29 bits per heavy atom. The quantitative estimate of drug-likeness (QED) is 0.692. The molecule has 9 nitrogen and oxygen atoms in total. The Hall–Kier alpha value is -2.01. The van der Waals surface area contributed by atoms with Crippen molar-refractivity contribution < 1.29 is 22.5 Å². The van der Waals surface area contributed by atoms with E-state index in [4.69, 9.17) is 20.9 Å². The molecule has 2 fully saturated rings. The van der Waals surface area contributed by atoms with Gasteiger partial charge in [0, 0.05) is 44.6 Å². The molecule has 0 bridgehead atoms. The van der Waals surface area contributed by atoms with Crippen LogP contribution < -0.4 is 5.32 Å². The average Bonchev–Trinajstić information content (AvgIpc) is 3.44. The number of hydrogen-bond donors (Lipinski definition) is 1. The predicted molar refractivity (Wildman–Crippen MR) is 113 cm³/mol. The molecule has 2 aromatic rings. The van der Waals surface area contributed by atoms with E-state index in [-0.39, 0.29) is 40.9 Å². The molecule has 0 radical (unpaired) electrons. The van der Waals surface area contributed by atoms with Crippen molar-refractivity contribution in [3.63, 3.8) is 0 Å². The fraction of sp³-hybridized carbons (Fsp3) is 0.550. The number of benzene rings is 1. The van der Waals surface area contributed by atoms with Gasteiger partial charge in [0.05, 0.1) is 11.1 Å². The Labute approximate surface area is 186 Å². The second-order valence-corrected chi connectivity index (χ2v) is 10.2. The van der Waals surface area contributed by atoms with Crippen LogP contribution in [0.1, 0.15) is 31.6 Å². The number of ether oxygens (including phenoxy) is 1. The van der Waals surface area contributed by atoms with E-state index in [0.29, 0.717) is 36.7 Å². The van der Waals surface area contributed by atoms with E-state index < -0.39 is 10.0 Å². The molecule has 0 spiro atoms. The summed E-state index contributed by atoms with van der Waals surface area (Å²) in [7, 11) is -3.83. The van der Waals surface area contributed by atoms with Crippen molar-refractivity contribution in [1.29, 1.82) is 0 Å². The van der Waals surface area contributed by atoms with Crippen LogP contribution in [0, 0.1) is 12.8 Å². The van der Waals surface area contributed by atoms with Gasteiger partial charge < -0.3 is 14.6 Å². The molecule has 2 aliphatic rings. The number of halogens is 1. The third kappa shape index (κ3) is 4.92. The molecule has 11 heteroatoms. The van der Waals surface area contributed by atoms with Gasteiger partial charge >= 0.3 is 0 Å². The van der Waals surface area contributed by atoms with Gasteiger partial charge in [0.25, 0.3) is 0 Å². The number of carbonyl (C=O) groups excluding carboxylic acids is 1. The van der Waals surface area contributed by atoms with Crippen LogP contribution in [0.2, 0.25) is 5.02 Å². The van der Waals surface area contributed by atoms with Crippen LogP contribution in [-0.2, 0) is 19.6 Å². The maximum Gasteiger partial charge on any atom is 0.244 e. The minimum absolute atomic E-state index is 0.00426. The molecule has 1 atom stereocenters. The summed E-state index contributed by atoms with van der Waals surface area (Å²) < 4.78 is 38.3. The molecule has 2 aliphatic heterocycles. The van der Waals surface area contributed by atoms with Gasteiger partial charge in [-0.1, -0.05) is 16.8 Å². The molecule has 0 aliphatic carbocycles. The lowest BCUT2D eigenvalue weighted by molar-refractivity contribution is -0.126. The molecule has 168 valence electrons. The number of nitrogens with one attached hydrogen (secondary N) is 1. The van der Waals surface area contributed by atoms with E-state index in [1.54, 1.807) is 13.0 Å². The number of nitrogens with zero attached hydrogens (tertiary/aromatic N) is 3. The lowest BCUT2D eigenvalue weighted by Gasteiger charge is -2.31. The number of aryl methyl sites for hydroxylation is 1. The molecular formula is C20H25ClN4O5S. The van der Waals surface area contributed by atoms with Gasteiger partial charge in [0.1, 0.15) is 4.90 Å². The molecular weight excluding hydrogens is 444 g/mol. The highest BCUT2D eigenvalue weighted by Gasteiger charge is 2.33. The minimum Gasteiger partial charge on any atom is -0.376 e. The summed E-state index contributed by atoms with van der Waals surface area (Å²) in [5.74, 6) is 0.429. The maximum atomic E-state index is 13.2. The average molecular weight is 469 g/mol. The summed E-state index contributed by atoms with van der Waals surface area (Å²) in [6, 6.07) is 4.62. The number of piperidine rings is 1. The minimum atomic E-state index is -3.83. The maximum absolute atomic E-state index is 13.2. The van der Waals surface area contributed by atoms with Crippen molar-refractivity contribution in [1.82, 2.24) is 19.8 Å². The van der Waals surface area contributed by atoms with Gasteiger partial charge in [-0.2, -0.15) is 9.29 Å². The fourth-order valence-corrected chi connectivity index (χ4v) is 5.89. The summed E-state index contributed by atoms with van der Waals surface area (Å²) in [6.07, 6.45) is 2.98. The Morgan fingerprint density at radius 3 is 2.71 bits per heavy atom. The first-order chi connectivity index (χ1) is 14.8. The van der Waals surface area contributed by atoms with Crippen molar-refractivity contribution in [2.75, 3.05) is 26.2 Å². The Kier molecular flexibility index (Phi) is 6.61. The van der Waals surface area contributed by atoms with Crippen LogP contribution in [0.25, 0.3) is 11.4 Å². The van der Waals surface area contributed by atoms with E-state index in [9.17, 15) is 13.2 Å². The van der Waals surface area contributed by atoms with Crippen LogP contribution in [0.4, 0.5) is 0 Å². The molecule has 1 aromatic carbocycles. The summed E-state index contributed by atoms with van der Waals surface area (Å²) in [6.45, 7) is 3.41. The van der Waals surface area contributed by atoms with Crippen molar-refractivity contribution in [2.24, 2.45) is 5.92 Å². The summed E-state index contributed by atoms with van der Waals surface area (Å²) in [5, 5.41) is 6.90. The first-order valence-electron chi connectivity index (χ1n) is 10.3. The number of sulfonamides is 1. The number of carbonyl (C=O) groups is 1. The normalized spacial score (nSPS) is 20.8. The van der Waals surface area contributed by atoms with Crippen LogP contribution in [0.15, 0.2) is 27.6 Å². The largest absolute Gasteiger partial charge is 0.376 e. The third-order valence-electron chi connectivity index (χ3n) is 5.69. The highest BCUT2D eigenvalue weighted by molar-refractivity contribution is 7.89. The molecule has 31 heavy (non-hydrogen) atoms. The SMILES string of the molecule is Cc1nc(-c2ccc(Cl)c(S(=O)(=O)N3CCC(C(=O)NCC4CCCO4)CC3)c2)no1. The number of aromatic nitrogens is 2. The predicted octanol–water partition coefficient (Wildman–Crippen LogP) is 2.39. The lowest BCUT2D eigenvalue weighted by Crippen LogP contribution is -2.44. The lowest BCUT2D eigenvalue weighted by atomic mass is 9.97. The number of amides is 1. The van der Waals surface area contributed by atoms with E-state index in [2.05, 4.69) is 15.5 Å². The molecule has 3 heterocycles. The summed E-state index contributed by atoms with van der Waals surface area (Å²) in [5.41, 5.74) is 0.503. The molecule has 0 saturated carbocycles. The van der Waals surface area contributed by atoms with Crippen molar-refractivity contribution in [2.45, 2.75) is 43.6 Å². The van der Waals surface area contributed by atoms with Crippen molar-refractivity contribution in [3.05, 3.63) is 29.1 Å². The van der Waals surface area contributed by atoms with Crippen LogP contribution >= 0.6 is 11.6 Å². The van der Waals surface area contributed by atoms with Gasteiger partial charge in [-0.25, -0.2) is 8.42 Å². The Morgan fingerprint density at radius 2 is 2.06 bits per heavy atom. The molecule has 4 rings (SSSR count). The summed E-state index contributed by atoms with van der Waals surface area (Å²) in [4.78, 5) is 16.6. The van der Waals surface area contributed by atoms with Crippen LogP contribution in [0.3, 0.4) is 0 Å². The highest BCUT2D eigenvalue weighted by atomic mass is 35.5. The Balaban J connectivity index is 1.41. The second kappa shape index (κ2) is 9.23. The Bertz CT molecular complexity index is 1040. The fourth-order valence-electron chi connectivity index (χ4n) is 3.92. The zero-order valence-corrected chi connectivity index (χ0v) is 18.8. The van der Waals surface area contributed by atoms with Crippen LogP contribution in [-0.4, -0.2) is 61.1 Å². The van der Waals surface area contributed by atoms with Gasteiger partial charge in [0.15, 0.2) is 0 Å². The van der Waals surface area contributed by atoms with E-state index >= 15 is 0 Å². The molecule has 1 aromatic heterocycles.